The van der Waals surface area contributed by atoms with Crippen LogP contribution in [-0.4, -0.2) is 62.8 Å². The van der Waals surface area contributed by atoms with E-state index in [9.17, 15) is 9.90 Å². The van der Waals surface area contributed by atoms with Crippen LogP contribution in [-0.2, 0) is 9.47 Å². The minimum absolute atomic E-state index is 0.202. The molecule has 4 rings (SSSR count). The number of carbonyl (C=O) groups is 1. The number of carbonyl (C=O) groups excluding carboxylic acids is 1. The van der Waals surface area contributed by atoms with Crippen LogP contribution in [0.4, 0.5) is 0 Å². The summed E-state index contributed by atoms with van der Waals surface area (Å²) < 4.78 is 27.6. The summed E-state index contributed by atoms with van der Waals surface area (Å²) in [5.41, 5.74) is 1.17. The molecule has 26 heavy (non-hydrogen) atoms. The van der Waals surface area contributed by atoms with Gasteiger partial charge in [0.05, 0.1) is 33.5 Å². The third-order valence-electron chi connectivity index (χ3n) is 5.00. The SMILES string of the molecule is COc1ccc2c(C)c(C(=O)N[C@H]3CO[C@H]4[C@@H]3OC[C@@H]4O)oc2c1OC. The smallest absolute Gasteiger partial charge is 0.287 e. The van der Waals surface area contributed by atoms with Gasteiger partial charge in [0.1, 0.15) is 18.3 Å². The summed E-state index contributed by atoms with van der Waals surface area (Å²) in [7, 11) is 3.06. The number of benzene rings is 1. The van der Waals surface area contributed by atoms with Gasteiger partial charge in [0, 0.05) is 10.9 Å². The van der Waals surface area contributed by atoms with Crippen LogP contribution in [0.1, 0.15) is 16.1 Å². The van der Waals surface area contributed by atoms with Crippen LogP contribution in [0, 0.1) is 6.92 Å². The van der Waals surface area contributed by atoms with Crippen LogP contribution >= 0.6 is 0 Å². The Morgan fingerprint density at radius 3 is 2.69 bits per heavy atom. The second kappa shape index (κ2) is 6.46. The van der Waals surface area contributed by atoms with Gasteiger partial charge in [-0.3, -0.25) is 4.79 Å². The molecule has 0 aliphatic carbocycles. The molecule has 0 unspecified atom stereocenters. The fraction of sp³-hybridized carbons (Fsp3) is 0.500. The van der Waals surface area contributed by atoms with Gasteiger partial charge in [0.25, 0.3) is 5.91 Å². The fourth-order valence-electron chi connectivity index (χ4n) is 3.65. The first-order valence-electron chi connectivity index (χ1n) is 8.41. The van der Waals surface area contributed by atoms with Crippen LogP contribution < -0.4 is 14.8 Å². The van der Waals surface area contributed by atoms with E-state index in [1.54, 1.807) is 13.2 Å². The number of nitrogens with one attached hydrogen (secondary N) is 1. The molecule has 2 saturated heterocycles. The molecule has 2 N–H and O–H groups in total. The highest BCUT2D eigenvalue weighted by molar-refractivity contribution is 6.01. The number of furan rings is 1. The second-order valence-corrected chi connectivity index (χ2v) is 6.48. The van der Waals surface area contributed by atoms with Gasteiger partial charge >= 0.3 is 0 Å². The Balaban J connectivity index is 1.62. The molecule has 2 aliphatic heterocycles. The normalized spacial score (nSPS) is 27.5. The van der Waals surface area contributed by atoms with Crippen molar-refractivity contribution in [2.45, 2.75) is 31.3 Å². The molecule has 140 valence electrons. The molecular weight excluding hydrogens is 342 g/mol. The van der Waals surface area contributed by atoms with Gasteiger partial charge in [-0.15, -0.1) is 0 Å². The first kappa shape index (κ1) is 17.1. The Kier molecular flexibility index (Phi) is 4.26. The van der Waals surface area contributed by atoms with Crippen molar-refractivity contribution in [1.82, 2.24) is 5.32 Å². The van der Waals surface area contributed by atoms with E-state index in [0.717, 1.165) is 5.39 Å². The third kappa shape index (κ3) is 2.53. The number of aryl methyl sites for hydroxylation is 1. The second-order valence-electron chi connectivity index (χ2n) is 6.48. The van der Waals surface area contributed by atoms with E-state index in [-0.39, 0.29) is 37.0 Å². The summed E-state index contributed by atoms with van der Waals surface area (Å²) in [4.78, 5) is 12.8. The monoisotopic (exact) mass is 363 g/mol. The van der Waals surface area contributed by atoms with Gasteiger partial charge in [-0.2, -0.15) is 0 Å². The van der Waals surface area contributed by atoms with Crippen LogP contribution in [0.2, 0.25) is 0 Å². The predicted molar refractivity (Wildman–Crippen MR) is 90.8 cm³/mol. The maximum Gasteiger partial charge on any atom is 0.287 e. The Morgan fingerprint density at radius 2 is 1.96 bits per heavy atom. The van der Waals surface area contributed by atoms with E-state index in [1.165, 1.54) is 7.11 Å². The van der Waals surface area contributed by atoms with Crippen LogP contribution in [0.25, 0.3) is 11.0 Å². The lowest BCUT2D eigenvalue weighted by Crippen LogP contribution is -2.44. The maximum atomic E-state index is 12.8. The summed E-state index contributed by atoms with van der Waals surface area (Å²) in [5, 5.41) is 13.5. The highest BCUT2D eigenvalue weighted by Crippen LogP contribution is 2.39. The van der Waals surface area contributed by atoms with Gasteiger partial charge in [-0.25, -0.2) is 0 Å². The lowest BCUT2D eigenvalue weighted by molar-refractivity contribution is 0.0178. The molecule has 2 fully saturated rings. The van der Waals surface area contributed by atoms with Crippen molar-refractivity contribution in [3.63, 3.8) is 0 Å². The molecule has 1 aromatic heterocycles. The van der Waals surface area contributed by atoms with Crippen molar-refractivity contribution < 1.29 is 33.3 Å². The van der Waals surface area contributed by atoms with E-state index >= 15 is 0 Å². The molecule has 8 heteroatoms. The molecular formula is C18H21NO7. The number of aliphatic hydroxyl groups excluding tert-OH is 1. The van der Waals surface area contributed by atoms with E-state index in [4.69, 9.17) is 23.4 Å². The summed E-state index contributed by atoms with van der Waals surface area (Å²) in [5.74, 6) is 0.812. The molecule has 4 atom stereocenters. The zero-order valence-corrected chi connectivity index (χ0v) is 14.8. The lowest BCUT2D eigenvalue weighted by atomic mass is 10.1. The largest absolute Gasteiger partial charge is 0.493 e. The van der Waals surface area contributed by atoms with Gasteiger partial charge < -0.3 is 33.8 Å². The number of amides is 1. The Morgan fingerprint density at radius 1 is 1.19 bits per heavy atom. The van der Waals surface area contributed by atoms with E-state index in [0.29, 0.717) is 22.6 Å². The molecule has 0 bridgehead atoms. The molecule has 3 heterocycles. The summed E-state index contributed by atoms with van der Waals surface area (Å²) in [6.07, 6.45) is -1.42. The van der Waals surface area contributed by atoms with Crippen LogP contribution in [0.15, 0.2) is 16.5 Å². The Labute approximate surface area is 150 Å². The van der Waals surface area contributed by atoms with Crippen molar-refractivity contribution >= 4 is 16.9 Å². The quantitative estimate of drug-likeness (QED) is 0.836. The van der Waals surface area contributed by atoms with Crippen LogP contribution in [0.5, 0.6) is 11.5 Å². The van der Waals surface area contributed by atoms with Crippen molar-refractivity contribution in [2.75, 3.05) is 27.4 Å². The lowest BCUT2D eigenvalue weighted by Gasteiger charge is -2.16. The number of methoxy groups -OCH3 is 2. The average Bonchev–Trinajstić information content (AvgIpc) is 3.30. The number of rotatable bonds is 4. The number of hydrogen-bond donors (Lipinski definition) is 2. The van der Waals surface area contributed by atoms with E-state index < -0.39 is 12.2 Å². The maximum absolute atomic E-state index is 12.8. The number of aliphatic hydroxyl groups is 1. The molecule has 0 saturated carbocycles. The third-order valence-corrected chi connectivity index (χ3v) is 5.00. The molecule has 2 aromatic rings. The minimum Gasteiger partial charge on any atom is -0.493 e. The van der Waals surface area contributed by atoms with Crippen molar-refractivity contribution in [1.29, 1.82) is 0 Å². The zero-order chi connectivity index (χ0) is 18.4. The summed E-state index contributed by atoms with van der Waals surface area (Å²) in [6, 6.07) is 3.26. The average molecular weight is 363 g/mol. The molecule has 8 nitrogen and oxygen atoms in total. The highest BCUT2D eigenvalue weighted by Gasteiger charge is 2.47. The Bertz CT molecular complexity index is 846. The van der Waals surface area contributed by atoms with Crippen molar-refractivity contribution in [3.8, 4) is 11.5 Å². The predicted octanol–water partition coefficient (Wildman–Crippen LogP) is 1.02. The number of fused-ring (bicyclic) bond motifs is 2. The topological polar surface area (TPSA) is 99.4 Å². The number of ether oxygens (including phenoxy) is 4. The van der Waals surface area contributed by atoms with Crippen LogP contribution in [0.3, 0.4) is 0 Å². The molecule has 0 radical (unpaired) electrons. The zero-order valence-electron chi connectivity index (χ0n) is 14.8. The Hall–Kier alpha value is -2.29. The molecule has 1 amide bonds. The fourth-order valence-corrected chi connectivity index (χ4v) is 3.65. The summed E-state index contributed by atoms with van der Waals surface area (Å²) >= 11 is 0. The van der Waals surface area contributed by atoms with E-state index in [1.807, 2.05) is 13.0 Å². The van der Waals surface area contributed by atoms with Gasteiger partial charge in [-0.05, 0) is 19.1 Å². The van der Waals surface area contributed by atoms with Crippen molar-refractivity contribution in [3.05, 3.63) is 23.5 Å². The first-order chi connectivity index (χ1) is 12.5. The number of hydrogen-bond acceptors (Lipinski definition) is 7. The first-order valence-corrected chi connectivity index (χ1v) is 8.41. The highest BCUT2D eigenvalue weighted by atomic mass is 16.6. The summed E-state index contributed by atoms with van der Waals surface area (Å²) in [6.45, 7) is 2.31. The standard InChI is InChI=1S/C18H21NO7/c1-8-9-4-5-12(22-2)17(23-3)14(9)26-13(8)18(21)19-10-6-24-16-11(20)7-25-15(10)16/h4-5,10-11,15-16,20H,6-7H2,1-3H3,(H,19,21)/t10-,11-,15+,16+/m0/s1. The van der Waals surface area contributed by atoms with E-state index in [2.05, 4.69) is 5.32 Å². The minimum atomic E-state index is -0.661. The molecule has 1 aromatic carbocycles. The van der Waals surface area contributed by atoms with Crippen molar-refractivity contribution in [2.24, 2.45) is 0 Å². The molecule has 0 spiro atoms. The van der Waals surface area contributed by atoms with Gasteiger partial charge in [-0.1, -0.05) is 0 Å². The molecule has 2 aliphatic rings. The van der Waals surface area contributed by atoms with Gasteiger partial charge in [0.2, 0.25) is 5.75 Å². The van der Waals surface area contributed by atoms with Gasteiger partial charge in [0.15, 0.2) is 17.1 Å².